The van der Waals surface area contributed by atoms with Crippen molar-refractivity contribution in [2.45, 2.75) is 20.4 Å². The van der Waals surface area contributed by atoms with E-state index in [4.69, 9.17) is 5.11 Å². The number of nitrogens with one attached hydrogen (secondary N) is 1. The minimum Gasteiger partial charge on any atom is -0.395 e. The lowest BCUT2D eigenvalue weighted by molar-refractivity contribution is 0.180. The standard InChI is InChI=1S/C13H19FN2O2/c1-3-16(6-7-17)13(18)15-9-11-4-5-12(14)10(2)8-11/h4-5,8,17H,3,6-7,9H2,1-2H3,(H,15,18). The van der Waals surface area contributed by atoms with Crippen LogP contribution in [0.3, 0.4) is 0 Å². The Labute approximate surface area is 106 Å². The number of amides is 2. The van der Waals surface area contributed by atoms with Gasteiger partial charge in [-0.25, -0.2) is 9.18 Å². The average Bonchev–Trinajstić information content (AvgIpc) is 2.37. The zero-order valence-electron chi connectivity index (χ0n) is 10.7. The molecule has 1 rings (SSSR count). The SMILES string of the molecule is CCN(CCO)C(=O)NCc1ccc(F)c(C)c1. The van der Waals surface area contributed by atoms with Crippen molar-refractivity contribution < 1.29 is 14.3 Å². The van der Waals surface area contributed by atoms with Gasteiger partial charge in [-0.1, -0.05) is 12.1 Å². The van der Waals surface area contributed by atoms with Gasteiger partial charge < -0.3 is 15.3 Å². The molecule has 0 heterocycles. The van der Waals surface area contributed by atoms with Crippen LogP contribution in [0.4, 0.5) is 9.18 Å². The summed E-state index contributed by atoms with van der Waals surface area (Å²) in [5.74, 6) is -0.249. The minimum absolute atomic E-state index is 0.0586. The quantitative estimate of drug-likeness (QED) is 0.839. The van der Waals surface area contributed by atoms with Gasteiger partial charge in [-0.2, -0.15) is 0 Å². The molecule has 0 saturated carbocycles. The third-order valence-electron chi connectivity index (χ3n) is 2.70. The average molecular weight is 254 g/mol. The highest BCUT2D eigenvalue weighted by Gasteiger charge is 2.10. The Kier molecular flexibility index (Phi) is 5.58. The second kappa shape index (κ2) is 6.96. The Morgan fingerprint density at radius 3 is 2.78 bits per heavy atom. The predicted molar refractivity (Wildman–Crippen MR) is 67.7 cm³/mol. The Morgan fingerprint density at radius 2 is 2.22 bits per heavy atom. The summed E-state index contributed by atoms with van der Waals surface area (Å²) in [5.41, 5.74) is 1.41. The zero-order chi connectivity index (χ0) is 13.5. The summed E-state index contributed by atoms with van der Waals surface area (Å²) in [5, 5.41) is 11.5. The van der Waals surface area contributed by atoms with Gasteiger partial charge in [-0.15, -0.1) is 0 Å². The van der Waals surface area contributed by atoms with Crippen molar-refractivity contribution in [2.75, 3.05) is 19.7 Å². The van der Waals surface area contributed by atoms with E-state index in [1.807, 2.05) is 6.92 Å². The van der Waals surface area contributed by atoms with E-state index in [2.05, 4.69) is 5.32 Å². The Balaban J connectivity index is 2.53. The van der Waals surface area contributed by atoms with Crippen molar-refractivity contribution in [3.8, 4) is 0 Å². The van der Waals surface area contributed by atoms with E-state index in [0.717, 1.165) is 5.56 Å². The number of aryl methyl sites for hydroxylation is 1. The molecule has 100 valence electrons. The molecule has 2 amide bonds. The van der Waals surface area contributed by atoms with Crippen LogP contribution in [0.5, 0.6) is 0 Å². The summed E-state index contributed by atoms with van der Waals surface area (Å²) < 4.78 is 13.1. The van der Waals surface area contributed by atoms with Crippen molar-refractivity contribution in [1.29, 1.82) is 0 Å². The van der Waals surface area contributed by atoms with Gasteiger partial charge in [-0.3, -0.25) is 0 Å². The van der Waals surface area contributed by atoms with E-state index in [9.17, 15) is 9.18 Å². The van der Waals surface area contributed by atoms with Crippen LogP contribution < -0.4 is 5.32 Å². The van der Waals surface area contributed by atoms with Crippen LogP contribution in [0.1, 0.15) is 18.1 Å². The lowest BCUT2D eigenvalue weighted by Crippen LogP contribution is -2.41. The van der Waals surface area contributed by atoms with Gasteiger partial charge >= 0.3 is 6.03 Å². The highest BCUT2D eigenvalue weighted by atomic mass is 19.1. The van der Waals surface area contributed by atoms with Crippen molar-refractivity contribution in [1.82, 2.24) is 10.2 Å². The molecular formula is C13H19FN2O2. The second-order valence-electron chi connectivity index (χ2n) is 4.05. The first-order valence-corrected chi connectivity index (χ1v) is 5.97. The van der Waals surface area contributed by atoms with E-state index < -0.39 is 0 Å². The van der Waals surface area contributed by atoms with E-state index in [-0.39, 0.29) is 18.5 Å². The third-order valence-corrected chi connectivity index (χ3v) is 2.70. The van der Waals surface area contributed by atoms with Crippen molar-refractivity contribution >= 4 is 6.03 Å². The second-order valence-corrected chi connectivity index (χ2v) is 4.05. The number of carbonyl (C=O) groups is 1. The van der Waals surface area contributed by atoms with Crippen LogP contribution in [-0.4, -0.2) is 35.7 Å². The Bertz CT molecular complexity index is 410. The van der Waals surface area contributed by atoms with Gasteiger partial charge in [0.1, 0.15) is 5.82 Å². The van der Waals surface area contributed by atoms with E-state index in [1.165, 1.54) is 11.0 Å². The predicted octanol–water partition coefficient (Wildman–Crippen LogP) is 1.66. The number of aliphatic hydroxyl groups excluding tert-OH is 1. The molecule has 0 saturated heterocycles. The molecule has 0 bridgehead atoms. The molecule has 0 aliphatic carbocycles. The summed E-state index contributed by atoms with van der Waals surface area (Å²) in [6.45, 7) is 4.67. The van der Waals surface area contributed by atoms with Crippen LogP contribution in [0.15, 0.2) is 18.2 Å². The summed E-state index contributed by atoms with van der Waals surface area (Å²) in [6.07, 6.45) is 0. The maximum atomic E-state index is 13.1. The van der Waals surface area contributed by atoms with E-state index in [0.29, 0.717) is 25.2 Å². The van der Waals surface area contributed by atoms with Gasteiger partial charge in [0.15, 0.2) is 0 Å². The molecule has 0 aliphatic rings. The first-order valence-electron chi connectivity index (χ1n) is 5.97. The van der Waals surface area contributed by atoms with Gasteiger partial charge in [0.05, 0.1) is 6.61 Å². The fraction of sp³-hybridized carbons (Fsp3) is 0.462. The summed E-state index contributed by atoms with van der Waals surface area (Å²) in [4.78, 5) is 13.2. The number of aliphatic hydroxyl groups is 1. The number of likely N-dealkylation sites (N-methyl/N-ethyl adjacent to an activating group) is 1. The first-order chi connectivity index (χ1) is 8.58. The highest BCUT2D eigenvalue weighted by molar-refractivity contribution is 5.74. The van der Waals surface area contributed by atoms with Gasteiger partial charge in [0, 0.05) is 19.6 Å². The number of hydrogen-bond acceptors (Lipinski definition) is 2. The number of rotatable bonds is 5. The lowest BCUT2D eigenvalue weighted by atomic mass is 10.1. The molecule has 2 N–H and O–H groups in total. The highest BCUT2D eigenvalue weighted by Crippen LogP contribution is 2.09. The summed E-state index contributed by atoms with van der Waals surface area (Å²) in [6, 6.07) is 4.51. The fourth-order valence-electron chi connectivity index (χ4n) is 1.63. The Hall–Kier alpha value is -1.62. The normalized spacial score (nSPS) is 10.2. The number of hydrogen-bond donors (Lipinski definition) is 2. The van der Waals surface area contributed by atoms with Crippen LogP contribution in [0.25, 0.3) is 0 Å². The van der Waals surface area contributed by atoms with Crippen LogP contribution in [-0.2, 0) is 6.54 Å². The lowest BCUT2D eigenvalue weighted by Gasteiger charge is -2.20. The van der Waals surface area contributed by atoms with Crippen LogP contribution >= 0.6 is 0 Å². The third kappa shape index (κ3) is 4.00. The zero-order valence-corrected chi connectivity index (χ0v) is 10.7. The largest absolute Gasteiger partial charge is 0.395 e. The van der Waals surface area contributed by atoms with Gasteiger partial charge in [0.2, 0.25) is 0 Å². The first kappa shape index (κ1) is 14.4. The fourth-order valence-corrected chi connectivity index (χ4v) is 1.63. The minimum atomic E-state index is -0.249. The van der Waals surface area contributed by atoms with Crippen LogP contribution in [0.2, 0.25) is 0 Å². The molecule has 0 fully saturated rings. The Morgan fingerprint density at radius 1 is 1.50 bits per heavy atom. The van der Waals surface area contributed by atoms with Gasteiger partial charge in [0.25, 0.3) is 0 Å². The van der Waals surface area contributed by atoms with Crippen LogP contribution in [0, 0.1) is 12.7 Å². The number of urea groups is 1. The van der Waals surface area contributed by atoms with Crippen molar-refractivity contribution in [2.24, 2.45) is 0 Å². The number of halogens is 1. The molecular weight excluding hydrogens is 235 g/mol. The summed E-state index contributed by atoms with van der Waals surface area (Å²) in [7, 11) is 0. The maximum absolute atomic E-state index is 13.1. The molecule has 0 atom stereocenters. The number of benzene rings is 1. The van der Waals surface area contributed by atoms with Crippen molar-refractivity contribution in [3.05, 3.63) is 35.1 Å². The molecule has 0 spiro atoms. The van der Waals surface area contributed by atoms with E-state index in [1.54, 1.807) is 19.1 Å². The molecule has 0 radical (unpaired) electrons. The molecule has 1 aromatic rings. The van der Waals surface area contributed by atoms with E-state index >= 15 is 0 Å². The molecule has 5 heteroatoms. The number of carbonyl (C=O) groups excluding carboxylic acids is 1. The molecule has 0 unspecified atom stereocenters. The smallest absolute Gasteiger partial charge is 0.317 e. The van der Waals surface area contributed by atoms with Gasteiger partial charge in [-0.05, 0) is 31.0 Å². The molecule has 0 aliphatic heterocycles. The maximum Gasteiger partial charge on any atom is 0.317 e. The summed E-state index contributed by atoms with van der Waals surface area (Å²) >= 11 is 0. The molecule has 4 nitrogen and oxygen atoms in total. The topological polar surface area (TPSA) is 52.6 Å². The van der Waals surface area contributed by atoms with Crippen molar-refractivity contribution in [3.63, 3.8) is 0 Å². The molecule has 0 aromatic heterocycles. The molecule has 1 aromatic carbocycles. The number of nitrogens with zero attached hydrogens (tertiary/aromatic N) is 1. The monoisotopic (exact) mass is 254 g/mol. The molecule has 18 heavy (non-hydrogen) atoms.